The Bertz CT molecular complexity index is 1040. The first-order valence-corrected chi connectivity index (χ1v) is 9.33. The average molecular weight is 377 g/mol. The number of benzene rings is 2. The van der Waals surface area contributed by atoms with Gasteiger partial charge in [0, 0.05) is 29.1 Å². The number of methoxy groups -OCH3 is 2. The zero-order valence-electron chi connectivity index (χ0n) is 16.3. The number of fused-ring (bicyclic) bond motifs is 1. The molecular formula is C23H23NO4. The maximum absolute atomic E-state index is 12.5. The lowest BCUT2D eigenvalue weighted by molar-refractivity contribution is -0.161. The van der Waals surface area contributed by atoms with Gasteiger partial charge >= 0.3 is 11.9 Å². The number of carbonyl (C=O) groups excluding carboxylic acids is 2. The van der Waals surface area contributed by atoms with Gasteiger partial charge in [0.1, 0.15) is 0 Å². The van der Waals surface area contributed by atoms with E-state index in [1.54, 1.807) is 0 Å². The minimum Gasteiger partial charge on any atom is -0.468 e. The Morgan fingerprint density at radius 2 is 1.61 bits per heavy atom. The van der Waals surface area contributed by atoms with Crippen LogP contribution in [0.1, 0.15) is 29.2 Å². The van der Waals surface area contributed by atoms with Gasteiger partial charge in [-0.3, -0.25) is 9.59 Å². The summed E-state index contributed by atoms with van der Waals surface area (Å²) in [4.78, 5) is 25.0. The summed E-state index contributed by atoms with van der Waals surface area (Å²) in [6.45, 7) is 2.78. The molecule has 0 N–H and O–H groups in total. The zero-order chi connectivity index (χ0) is 19.9. The molecule has 28 heavy (non-hydrogen) atoms. The van der Waals surface area contributed by atoms with E-state index >= 15 is 0 Å². The second kappa shape index (κ2) is 6.82. The Kier molecular flexibility index (Phi) is 4.46. The fourth-order valence-corrected chi connectivity index (χ4v) is 4.38. The predicted molar refractivity (Wildman–Crippen MR) is 106 cm³/mol. The summed E-state index contributed by atoms with van der Waals surface area (Å²) in [7, 11) is 2.63. The highest BCUT2D eigenvalue weighted by molar-refractivity contribution is 6.06. The summed E-state index contributed by atoms with van der Waals surface area (Å²) in [5, 5.41) is 1.07. The molecule has 0 spiro atoms. The lowest BCUT2D eigenvalue weighted by Gasteiger charge is -2.13. The van der Waals surface area contributed by atoms with Crippen molar-refractivity contribution in [3.05, 3.63) is 71.4 Å². The summed E-state index contributed by atoms with van der Waals surface area (Å²) in [6.07, 6.45) is 0.409. The van der Waals surface area contributed by atoms with Crippen LogP contribution in [0.2, 0.25) is 0 Å². The fourth-order valence-electron chi connectivity index (χ4n) is 4.38. The maximum atomic E-state index is 12.5. The number of rotatable bonds is 5. The van der Waals surface area contributed by atoms with Gasteiger partial charge in [0.15, 0.2) is 5.41 Å². The lowest BCUT2D eigenvalue weighted by atomic mass is 9.97. The van der Waals surface area contributed by atoms with E-state index in [4.69, 9.17) is 9.47 Å². The minimum atomic E-state index is -1.24. The Balaban J connectivity index is 1.84. The molecule has 1 aliphatic rings. The molecule has 1 saturated carbocycles. The lowest BCUT2D eigenvalue weighted by Crippen LogP contribution is -2.30. The monoisotopic (exact) mass is 377 g/mol. The van der Waals surface area contributed by atoms with Gasteiger partial charge in [-0.25, -0.2) is 0 Å². The Morgan fingerprint density at radius 3 is 2.25 bits per heavy atom. The number of hydrogen-bond donors (Lipinski definition) is 0. The third kappa shape index (κ3) is 2.61. The van der Waals surface area contributed by atoms with E-state index in [-0.39, 0.29) is 5.92 Å². The van der Waals surface area contributed by atoms with Gasteiger partial charge in [0.25, 0.3) is 0 Å². The average Bonchev–Trinajstić information content (AvgIpc) is 3.42. The normalized spacial score (nSPS) is 17.3. The molecule has 1 fully saturated rings. The molecule has 1 heterocycles. The molecule has 1 aliphatic carbocycles. The molecule has 1 aromatic heterocycles. The van der Waals surface area contributed by atoms with Gasteiger partial charge in [-0.15, -0.1) is 0 Å². The summed E-state index contributed by atoms with van der Waals surface area (Å²) in [5.74, 6) is -1.29. The number of aromatic nitrogens is 1. The Morgan fingerprint density at radius 1 is 1.00 bits per heavy atom. The number of para-hydroxylation sites is 1. The standard InChI is InChI=1S/C23H23NO4/c1-15-20(18-13-23(18,21(25)27-2)22(26)28-3)17-11-7-8-12-19(17)24(15)14-16-9-5-4-6-10-16/h4-12,18H,13-14H2,1-3H3. The van der Waals surface area contributed by atoms with E-state index in [1.807, 2.05) is 30.3 Å². The molecular weight excluding hydrogens is 354 g/mol. The number of nitrogens with zero attached hydrogens (tertiary/aromatic N) is 1. The highest BCUT2D eigenvalue weighted by atomic mass is 16.5. The van der Waals surface area contributed by atoms with Gasteiger partial charge in [-0.05, 0) is 30.5 Å². The van der Waals surface area contributed by atoms with Crippen molar-refractivity contribution in [1.82, 2.24) is 4.57 Å². The molecule has 0 bridgehead atoms. The van der Waals surface area contributed by atoms with Crippen molar-refractivity contribution in [2.24, 2.45) is 5.41 Å². The Labute approximate surface area is 163 Å². The molecule has 0 amide bonds. The minimum absolute atomic E-state index is 0.241. The molecule has 0 aliphatic heterocycles. The smallest absolute Gasteiger partial charge is 0.323 e. The highest BCUT2D eigenvalue weighted by Gasteiger charge is 2.69. The molecule has 0 saturated heterocycles. The van der Waals surface area contributed by atoms with Crippen molar-refractivity contribution in [2.45, 2.75) is 25.8 Å². The van der Waals surface area contributed by atoms with Gasteiger partial charge in [-0.2, -0.15) is 0 Å². The van der Waals surface area contributed by atoms with E-state index in [2.05, 4.69) is 35.8 Å². The van der Waals surface area contributed by atoms with Crippen LogP contribution in [0.5, 0.6) is 0 Å². The van der Waals surface area contributed by atoms with E-state index in [0.29, 0.717) is 6.42 Å². The molecule has 0 radical (unpaired) electrons. The van der Waals surface area contributed by atoms with Crippen molar-refractivity contribution < 1.29 is 19.1 Å². The SMILES string of the molecule is COC(=O)C1(C(=O)OC)CC1c1c(C)n(Cc2ccccc2)c2ccccc12. The molecule has 4 rings (SSSR count). The van der Waals surface area contributed by atoms with Gasteiger partial charge < -0.3 is 14.0 Å². The topological polar surface area (TPSA) is 57.5 Å². The maximum Gasteiger partial charge on any atom is 0.323 e. The Hall–Kier alpha value is -3.08. The molecule has 5 nitrogen and oxygen atoms in total. The molecule has 1 unspecified atom stereocenters. The first-order chi connectivity index (χ1) is 13.5. The predicted octanol–water partition coefficient (Wildman–Crippen LogP) is 3.82. The number of carbonyl (C=O) groups is 2. The van der Waals surface area contributed by atoms with Gasteiger partial charge in [0.2, 0.25) is 0 Å². The van der Waals surface area contributed by atoms with Gasteiger partial charge in [-0.1, -0.05) is 48.5 Å². The number of ether oxygens (including phenoxy) is 2. The molecule has 144 valence electrons. The van der Waals surface area contributed by atoms with Gasteiger partial charge in [0.05, 0.1) is 14.2 Å². The van der Waals surface area contributed by atoms with Crippen molar-refractivity contribution in [1.29, 1.82) is 0 Å². The van der Waals surface area contributed by atoms with E-state index in [0.717, 1.165) is 28.7 Å². The van der Waals surface area contributed by atoms with Crippen LogP contribution in [0.15, 0.2) is 54.6 Å². The van der Waals surface area contributed by atoms with E-state index < -0.39 is 17.4 Å². The second-order valence-electron chi connectivity index (χ2n) is 7.30. The van der Waals surface area contributed by atoms with Crippen molar-refractivity contribution >= 4 is 22.8 Å². The molecule has 5 heteroatoms. The third-order valence-corrected chi connectivity index (χ3v) is 5.87. The van der Waals surface area contributed by atoms with Crippen LogP contribution in [0, 0.1) is 12.3 Å². The van der Waals surface area contributed by atoms with Crippen molar-refractivity contribution in [2.75, 3.05) is 14.2 Å². The summed E-state index contributed by atoms with van der Waals surface area (Å²) >= 11 is 0. The second-order valence-corrected chi connectivity index (χ2v) is 7.30. The number of esters is 2. The quantitative estimate of drug-likeness (QED) is 0.501. The van der Waals surface area contributed by atoms with E-state index in [9.17, 15) is 9.59 Å². The molecule has 2 aromatic carbocycles. The van der Waals surface area contributed by atoms with Crippen LogP contribution in [-0.2, 0) is 25.6 Å². The highest BCUT2D eigenvalue weighted by Crippen LogP contribution is 2.62. The summed E-state index contributed by atoms with van der Waals surface area (Å²) in [6, 6.07) is 18.4. The van der Waals surface area contributed by atoms with Crippen LogP contribution in [0.4, 0.5) is 0 Å². The van der Waals surface area contributed by atoms with Crippen molar-refractivity contribution in [3.63, 3.8) is 0 Å². The fraction of sp³-hybridized carbons (Fsp3) is 0.304. The van der Waals surface area contributed by atoms with E-state index in [1.165, 1.54) is 19.8 Å². The summed E-state index contributed by atoms with van der Waals surface area (Å²) in [5.41, 5.74) is 3.14. The van der Waals surface area contributed by atoms with Crippen LogP contribution in [0.25, 0.3) is 10.9 Å². The largest absolute Gasteiger partial charge is 0.468 e. The van der Waals surface area contributed by atoms with Crippen LogP contribution in [0.3, 0.4) is 0 Å². The number of hydrogen-bond acceptors (Lipinski definition) is 4. The first-order valence-electron chi connectivity index (χ1n) is 9.33. The van der Waals surface area contributed by atoms with Crippen LogP contribution < -0.4 is 0 Å². The molecule has 1 atom stereocenters. The van der Waals surface area contributed by atoms with Crippen LogP contribution in [-0.4, -0.2) is 30.7 Å². The van der Waals surface area contributed by atoms with Crippen molar-refractivity contribution in [3.8, 4) is 0 Å². The third-order valence-electron chi connectivity index (χ3n) is 5.87. The summed E-state index contributed by atoms with van der Waals surface area (Å²) < 4.78 is 12.2. The first kappa shape index (κ1) is 18.3. The zero-order valence-corrected chi connectivity index (χ0v) is 16.3. The van der Waals surface area contributed by atoms with Crippen LogP contribution >= 0.6 is 0 Å². The molecule has 3 aromatic rings.